The molecule has 0 fully saturated rings. The minimum atomic E-state index is -0.248. The predicted octanol–water partition coefficient (Wildman–Crippen LogP) is 2.51. The summed E-state index contributed by atoms with van der Waals surface area (Å²) < 4.78 is 15.0. The lowest BCUT2D eigenvalue weighted by Gasteiger charge is -2.05. The second-order valence-electron chi connectivity index (χ2n) is 4.42. The molecule has 5 heteroatoms. The van der Waals surface area contributed by atoms with E-state index in [1.807, 2.05) is 6.07 Å². The molecule has 96 valence electrons. The Morgan fingerprint density at radius 1 is 1.44 bits per heavy atom. The van der Waals surface area contributed by atoms with E-state index < -0.39 is 0 Å². The van der Waals surface area contributed by atoms with Crippen molar-refractivity contribution in [2.75, 3.05) is 0 Å². The third-order valence-electron chi connectivity index (χ3n) is 2.91. The Morgan fingerprint density at radius 2 is 2.22 bits per heavy atom. The number of aromatic nitrogens is 3. The SMILES string of the molecule is CCCC(N)c1cn(-c2ccc(C)c(F)c2)nn1. The highest BCUT2D eigenvalue weighted by Gasteiger charge is 2.11. The first-order valence-electron chi connectivity index (χ1n) is 6.06. The van der Waals surface area contributed by atoms with Crippen LogP contribution in [0.15, 0.2) is 24.4 Å². The molecule has 0 bridgehead atoms. The molecule has 2 rings (SSSR count). The molecule has 0 aliphatic heterocycles. The Balaban J connectivity index is 2.26. The average Bonchev–Trinajstić information content (AvgIpc) is 2.82. The Kier molecular flexibility index (Phi) is 3.72. The van der Waals surface area contributed by atoms with Crippen molar-refractivity contribution in [2.24, 2.45) is 5.73 Å². The molecule has 0 amide bonds. The van der Waals surface area contributed by atoms with Gasteiger partial charge in [-0.25, -0.2) is 9.07 Å². The molecule has 1 aromatic carbocycles. The van der Waals surface area contributed by atoms with E-state index in [0.29, 0.717) is 11.3 Å². The molecule has 1 heterocycles. The van der Waals surface area contributed by atoms with Crippen LogP contribution in [0, 0.1) is 12.7 Å². The van der Waals surface area contributed by atoms with Crippen LogP contribution in [-0.2, 0) is 0 Å². The molecule has 1 aromatic heterocycles. The summed E-state index contributed by atoms with van der Waals surface area (Å²) in [6.45, 7) is 3.79. The number of rotatable bonds is 4. The van der Waals surface area contributed by atoms with Crippen LogP contribution in [0.1, 0.15) is 37.1 Å². The molecule has 2 N–H and O–H groups in total. The summed E-state index contributed by atoms with van der Waals surface area (Å²) in [6, 6.07) is 4.86. The Labute approximate surface area is 106 Å². The Bertz CT molecular complexity index is 536. The zero-order valence-electron chi connectivity index (χ0n) is 10.6. The van der Waals surface area contributed by atoms with E-state index >= 15 is 0 Å². The number of nitrogens with zero attached hydrogens (tertiary/aromatic N) is 3. The van der Waals surface area contributed by atoms with Crippen molar-refractivity contribution in [3.05, 3.63) is 41.5 Å². The molecule has 4 nitrogen and oxygen atoms in total. The van der Waals surface area contributed by atoms with Crippen LogP contribution in [-0.4, -0.2) is 15.0 Å². The molecule has 0 radical (unpaired) electrons. The summed E-state index contributed by atoms with van der Waals surface area (Å²) >= 11 is 0. The highest BCUT2D eigenvalue weighted by molar-refractivity contribution is 5.34. The van der Waals surface area contributed by atoms with Crippen LogP contribution in [0.2, 0.25) is 0 Å². The largest absolute Gasteiger partial charge is 0.323 e. The van der Waals surface area contributed by atoms with Crippen LogP contribution >= 0.6 is 0 Å². The Hall–Kier alpha value is -1.75. The van der Waals surface area contributed by atoms with Gasteiger partial charge in [0, 0.05) is 0 Å². The fourth-order valence-electron chi connectivity index (χ4n) is 1.76. The summed E-state index contributed by atoms with van der Waals surface area (Å²) in [5.41, 5.74) is 7.96. The maximum atomic E-state index is 13.5. The molecular weight excluding hydrogens is 231 g/mol. The molecule has 0 aliphatic rings. The molecule has 18 heavy (non-hydrogen) atoms. The molecule has 0 saturated heterocycles. The van der Waals surface area contributed by atoms with E-state index in [0.717, 1.165) is 18.5 Å². The lowest BCUT2D eigenvalue weighted by atomic mass is 10.1. The van der Waals surface area contributed by atoms with Crippen molar-refractivity contribution in [1.29, 1.82) is 0 Å². The zero-order valence-corrected chi connectivity index (χ0v) is 10.6. The minimum Gasteiger partial charge on any atom is -0.323 e. The summed E-state index contributed by atoms with van der Waals surface area (Å²) in [5.74, 6) is -0.248. The molecule has 0 saturated carbocycles. The number of halogens is 1. The van der Waals surface area contributed by atoms with E-state index in [-0.39, 0.29) is 11.9 Å². The number of benzene rings is 1. The van der Waals surface area contributed by atoms with Gasteiger partial charge in [0.25, 0.3) is 0 Å². The molecule has 1 unspecified atom stereocenters. The van der Waals surface area contributed by atoms with Crippen molar-refractivity contribution < 1.29 is 4.39 Å². The zero-order chi connectivity index (χ0) is 13.1. The van der Waals surface area contributed by atoms with Gasteiger partial charge in [-0.2, -0.15) is 0 Å². The third kappa shape index (κ3) is 2.56. The van der Waals surface area contributed by atoms with Crippen LogP contribution in [0.4, 0.5) is 4.39 Å². The lowest BCUT2D eigenvalue weighted by molar-refractivity contribution is 0.615. The van der Waals surface area contributed by atoms with Gasteiger partial charge >= 0.3 is 0 Å². The highest BCUT2D eigenvalue weighted by atomic mass is 19.1. The third-order valence-corrected chi connectivity index (χ3v) is 2.91. The summed E-state index contributed by atoms with van der Waals surface area (Å²) in [5, 5.41) is 8.01. The summed E-state index contributed by atoms with van der Waals surface area (Å²) in [6.07, 6.45) is 3.61. The van der Waals surface area contributed by atoms with Crippen LogP contribution in [0.25, 0.3) is 5.69 Å². The van der Waals surface area contributed by atoms with Crippen LogP contribution in [0.3, 0.4) is 0 Å². The lowest BCUT2D eigenvalue weighted by Crippen LogP contribution is -2.10. The molecule has 0 spiro atoms. The second-order valence-corrected chi connectivity index (χ2v) is 4.42. The number of nitrogens with two attached hydrogens (primary N) is 1. The first-order chi connectivity index (χ1) is 8.61. The summed E-state index contributed by atoms with van der Waals surface area (Å²) in [7, 11) is 0. The van der Waals surface area contributed by atoms with Gasteiger partial charge < -0.3 is 5.73 Å². The van der Waals surface area contributed by atoms with Crippen molar-refractivity contribution in [2.45, 2.75) is 32.7 Å². The van der Waals surface area contributed by atoms with Gasteiger partial charge in [-0.1, -0.05) is 24.6 Å². The van der Waals surface area contributed by atoms with E-state index in [9.17, 15) is 4.39 Å². The van der Waals surface area contributed by atoms with Crippen molar-refractivity contribution in [1.82, 2.24) is 15.0 Å². The molecule has 2 aromatic rings. The quantitative estimate of drug-likeness (QED) is 0.904. The van der Waals surface area contributed by atoms with E-state index in [2.05, 4.69) is 17.2 Å². The van der Waals surface area contributed by atoms with Gasteiger partial charge in [-0.15, -0.1) is 5.10 Å². The predicted molar refractivity (Wildman–Crippen MR) is 67.9 cm³/mol. The van der Waals surface area contributed by atoms with Gasteiger partial charge in [0.05, 0.1) is 23.6 Å². The topological polar surface area (TPSA) is 56.7 Å². The van der Waals surface area contributed by atoms with Gasteiger partial charge in [-0.3, -0.25) is 0 Å². The summed E-state index contributed by atoms with van der Waals surface area (Å²) in [4.78, 5) is 0. The maximum absolute atomic E-state index is 13.5. The van der Waals surface area contributed by atoms with Gasteiger partial charge in [0.15, 0.2) is 0 Å². The van der Waals surface area contributed by atoms with Crippen LogP contribution in [0.5, 0.6) is 0 Å². The molecule has 1 atom stereocenters. The second kappa shape index (κ2) is 5.27. The first kappa shape index (κ1) is 12.7. The van der Waals surface area contributed by atoms with E-state index in [4.69, 9.17) is 5.73 Å². The van der Waals surface area contributed by atoms with Gasteiger partial charge in [0.2, 0.25) is 0 Å². The number of hydrogen-bond donors (Lipinski definition) is 1. The fraction of sp³-hybridized carbons (Fsp3) is 0.385. The van der Waals surface area contributed by atoms with Crippen molar-refractivity contribution in [3.63, 3.8) is 0 Å². The maximum Gasteiger partial charge on any atom is 0.128 e. The van der Waals surface area contributed by atoms with E-state index in [1.165, 1.54) is 6.07 Å². The van der Waals surface area contributed by atoms with Crippen molar-refractivity contribution >= 4 is 0 Å². The smallest absolute Gasteiger partial charge is 0.128 e. The minimum absolute atomic E-state index is 0.112. The number of hydrogen-bond acceptors (Lipinski definition) is 3. The Morgan fingerprint density at radius 3 is 2.89 bits per heavy atom. The standard InChI is InChI=1S/C13H17FN4/c1-3-4-12(15)13-8-18(17-16-13)10-6-5-9(2)11(14)7-10/h5-8,12H,3-4,15H2,1-2H3. The highest BCUT2D eigenvalue weighted by Crippen LogP contribution is 2.16. The van der Waals surface area contributed by atoms with Crippen LogP contribution < -0.4 is 5.73 Å². The van der Waals surface area contributed by atoms with Crippen molar-refractivity contribution in [3.8, 4) is 5.69 Å². The monoisotopic (exact) mass is 248 g/mol. The first-order valence-corrected chi connectivity index (χ1v) is 6.06. The fourth-order valence-corrected chi connectivity index (χ4v) is 1.76. The van der Waals surface area contributed by atoms with E-state index in [1.54, 1.807) is 23.9 Å². The molecular formula is C13H17FN4. The molecule has 0 aliphatic carbocycles. The normalized spacial score (nSPS) is 12.7. The van der Waals surface area contributed by atoms with Gasteiger partial charge in [0.1, 0.15) is 5.82 Å². The number of aryl methyl sites for hydroxylation is 1. The van der Waals surface area contributed by atoms with Gasteiger partial charge in [-0.05, 0) is 31.0 Å². The average molecular weight is 248 g/mol.